The van der Waals surface area contributed by atoms with E-state index in [9.17, 15) is 4.79 Å². The molecule has 0 saturated carbocycles. The average Bonchev–Trinajstić information content (AvgIpc) is 3.13. The third-order valence-electron chi connectivity index (χ3n) is 5.93. The van der Waals surface area contributed by atoms with Crippen LogP contribution in [0.15, 0.2) is 57.9 Å². The zero-order chi connectivity index (χ0) is 21.6. The van der Waals surface area contributed by atoms with Crippen molar-refractivity contribution in [2.45, 2.75) is 39.3 Å². The van der Waals surface area contributed by atoms with Gasteiger partial charge in [0.15, 0.2) is 5.96 Å². The van der Waals surface area contributed by atoms with E-state index in [1.165, 1.54) is 11.1 Å². The zero-order valence-corrected chi connectivity index (χ0v) is 18.3. The minimum absolute atomic E-state index is 0.220. The molecule has 0 radical (unpaired) electrons. The first-order valence-electron chi connectivity index (χ1n) is 10.9. The van der Waals surface area contributed by atoms with Crippen molar-refractivity contribution < 1.29 is 9.21 Å². The molecule has 4 rings (SSSR count). The molecule has 0 unspecified atom stereocenters. The lowest BCUT2D eigenvalue weighted by Gasteiger charge is -2.29. The summed E-state index contributed by atoms with van der Waals surface area (Å²) in [6, 6.07) is 16.4. The summed E-state index contributed by atoms with van der Waals surface area (Å²) in [7, 11) is 1.75. The van der Waals surface area contributed by atoms with Crippen LogP contribution in [0, 0.1) is 6.92 Å². The fraction of sp³-hybridized carbons (Fsp3) is 0.360. The van der Waals surface area contributed by atoms with Gasteiger partial charge in [0.2, 0.25) is 5.91 Å². The van der Waals surface area contributed by atoms with Crippen LogP contribution in [-0.4, -0.2) is 36.9 Å². The van der Waals surface area contributed by atoms with Crippen molar-refractivity contribution in [1.82, 2.24) is 15.5 Å². The number of carbonyl (C=O) groups is 1. The largest absolute Gasteiger partial charge is 0.459 e. The molecule has 1 aromatic heterocycles. The maximum absolute atomic E-state index is 12.6. The molecule has 0 saturated heterocycles. The molecule has 2 N–H and O–H groups in total. The van der Waals surface area contributed by atoms with Gasteiger partial charge in [-0.1, -0.05) is 42.5 Å². The van der Waals surface area contributed by atoms with Crippen LogP contribution >= 0.6 is 0 Å². The maximum Gasteiger partial charge on any atom is 0.222 e. The lowest BCUT2D eigenvalue weighted by Crippen LogP contribution is -2.38. The fourth-order valence-electron chi connectivity index (χ4n) is 4.09. The smallest absolute Gasteiger partial charge is 0.222 e. The van der Waals surface area contributed by atoms with Gasteiger partial charge >= 0.3 is 0 Å². The summed E-state index contributed by atoms with van der Waals surface area (Å²) in [5, 5.41) is 7.73. The van der Waals surface area contributed by atoms with Crippen LogP contribution in [0.5, 0.6) is 0 Å². The van der Waals surface area contributed by atoms with Gasteiger partial charge in [-0.15, -0.1) is 0 Å². The Kier molecular flexibility index (Phi) is 6.55. The number of hydrogen-bond acceptors (Lipinski definition) is 3. The molecule has 31 heavy (non-hydrogen) atoms. The lowest BCUT2D eigenvalue weighted by molar-refractivity contribution is -0.132. The van der Waals surface area contributed by atoms with Crippen LogP contribution in [0.3, 0.4) is 0 Å². The number of hydrogen-bond donors (Lipinski definition) is 2. The summed E-state index contributed by atoms with van der Waals surface area (Å²) in [5.74, 6) is 1.83. The van der Waals surface area contributed by atoms with Gasteiger partial charge in [0.25, 0.3) is 0 Å². The Bertz CT molecular complexity index is 1090. The van der Waals surface area contributed by atoms with Crippen molar-refractivity contribution >= 4 is 22.8 Å². The molecule has 1 aliphatic rings. The standard InChI is InChI=1S/C25H30N4O2/c1-18-21-10-5-6-11-22(21)31-23(18)16-28-25(26-2)27-14-7-12-24(30)29-15-13-19-8-3-4-9-20(19)17-29/h3-6,8-11H,7,12-17H2,1-2H3,(H2,26,27,28). The Balaban J connectivity index is 1.21. The van der Waals surface area contributed by atoms with Crippen LogP contribution in [0.2, 0.25) is 0 Å². The minimum atomic E-state index is 0.220. The molecule has 1 aliphatic heterocycles. The zero-order valence-electron chi connectivity index (χ0n) is 18.3. The molecule has 0 aliphatic carbocycles. The number of aryl methyl sites for hydroxylation is 1. The molecular formula is C25H30N4O2. The van der Waals surface area contributed by atoms with Crippen LogP contribution in [-0.2, 0) is 24.3 Å². The summed E-state index contributed by atoms with van der Waals surface area (Å²) in [4.78, 5) is 18.8. The van der Waals surface area contributed by atoms with Crippen LogP contribution in [0.4, 0.5) is 0 Å². The predicted molar refractivity (Wildman–Crippen MR) is 124 cm³/mol. The van der Waals surface area contributed by atoms with E-state index in [4.69, 9.17) is 4.42 Å². The predicted octanol–water partition coefficient (Wildman–Crippen LogP) is 3.77. The van der Waals surface area contributed by atoms with Gasteiger partial charge in [-0.25, -0.2) is 0 Å². The van der Waals surface area contributed by atoms with Gasteiger partial charge in [-0.05, 0) is 37.0 Å². The summed E-state index contributed by atoms with van der Waals surface area (Å²) < 4.78 is 5.95. The summed E-state index contributed by atoms with van der Waals surface area (Å²) >= 11 is 0. The topological polar surface area (TPSA) is 69.9 Å². The third kappa shape index (κ3) is 4.90. The number of guanidine groups is 1. The van der Waals surface area contributed by atoms with Crippen molar-refractivity contribution in [2.24, 2.45) is 4.99 Å². The van der Waals surface area contributed by atoms with E-state index in [1.807, 2.05) is 29.2 Å². The Morgan fingerprint density at radius 3 is 2.68 bits per heavy atom. The molecule has 2 aromatic carbocycles. The molecule has 3 aromatic rings. The monoisotopic (exact) mass is 418 g/mol. The molecule has 0 fully saturated rings. The number of nitrogens with one attached hydrogen (secondary N) is 2. The number of rotatable bonds is 6. The number of nitrogens with zero attached hydrogens (tertiary/aromatic N) is 2. The molecule has 6 heteroatoms. The normalized spacial score (nSPS) is 13.9. The first-order valence-corrected chi connectivity index (χ1v) is 10.9. The number of carbonyl (C=O) groups excluding carboxylic acids is 1. The van der Waals surface area contributed by atoms with Crippen molar-refractivity contribution in [3.8, 4) is 0 Å². The van der Waals surface area contributed by atoms with E-state index in [1.54, 1.807) is 7.05 Å². The van der Waals surface area contributed by atoms with Gasteiger partial charge in [-0.2, -0.15) is 0 Å². The Labute approximate surface area is 183 Å². The number of para-hydroxylation sites is 1. The van der Waals surface area contributed by atoms with Gasteiger partial charge in [0, 0.05) is 44.1 Å². The maximum atomic E-state index is 12.6. The average molecular weight is 419 g/mol. The SMILES string of the molecule is CN=C(NCCCC(=O)N1CCc2ccccc2C1)NCc1oc2ccccc2c1C. The van der Waals surface area contributed by atoms with E-state index < -0.39 is 0 Å². The van der Waals surface area contributed by atoms with Gasteiger partial charge in [-0.3, -0.25) is 9.79 Å². The van der Waals surface area contributed by atoms with Crippen LogP contribution < -0.4 is 10.6 Å². The van der Waals surface area contributed by atoms with Crippen molar-refractivity contribution in [2.75, 3.05) is 20.1 Å². The Morgan fingerprint density at radius 1 is 1.10 bits per heavy atom. The lowest BCUT2D eigenvalue weighted by atomic mass is 9.99. The van der Waals surface area contributed by atoms with Crippen molar-refractivity contribution in [3.63, 3.8) is 0 Å². The van der Waals surface area contributed by atoms with Crippen molar-refractivity contribution in [1.29, 1.82) is 0 Å². The van der Waals surface area contributed by atoms with Crippen LogP contribution in [0.25, 0.3) is 11.0 Å². The number of fused-ring (bicyclic) bond motifs is 2. The van der Waals surface area contributed by atoms with Gasteiger partial charge in [0.05, 0.1) is 6.54 Å². The molecule has 0 bridgehead atoms. The third-order valence-corrected chi connectivity index (χ3v) is 5.93. The number of benzene rings is 2. The minimum Gasteiger partial charge on any atom is -0.459 e. The number of amides is 1. The van der Waals surface area contributed by atoms with Crippen molar-refractivity contribution in [3.05, 3.63) is 71.0 Å². The first-order chi connectivity index (χ1) is 15.2. The molecule has 162 valence electrons. The Morgan fingerprint density at radius 2 is 1.87 bits per heavy atom. The molecule has 6 nitrogen and oxygen atoms in total. The van der Waals surface area contributed by atoms with E-state index in [2.05, 4.69) is 46.8 Å². The highest BCUT2D eigenvalue weighted by Gasteiger charge is 2.19. The highest BCUT2D eigenvalue weighted by molar-refractivity contribution is 5.83. The number of furan rings is 1. The second kappa shape index (κ2) is 9.69. The molecule has 0 atom stereocenters. The molecule has 1 amide bonds. The summed E-state index contributed by atoms with van der Waals surface area (Å²) in [5.41, 5.74) is 4.68. The van der Waals surface area contributed by atoms with E-state index in [-0.39, 0.29) is 5.91 Å². The van der Waals surface area contributed by atoms with E-state index >= 15 is 0 Å². The summed E-state index contributed by atoms with van der Waals surface area (Å²) in [6.07, 6.45) is 2.24. The molecular weight excluding hydrogens is 388 g/mol. The van der Waals surface area contributed by atoms with Gasteiger partial charge in [0.1, 0.15) is 11.3 Å². The van der Waals surface area contributed by atoms with E-state index in [0.717, 1.165) is 48.2 Å². The quantitative estimate of drug-likeness (QED) is 0.363. The highest BCUT2D eigenvalue weighted by Crippen LogP contribution is 2.24. The molecule has 2 heterocycles. The first kappa shape index (κ1) is 21.0. The second-order valence-corrected chi connectivity index (χ2v) is 7.94. The Hall–Kier alpha value is -3.28. The van der Waals surface area contributed by atoms with E-state index in [0.29, 0.717) is 25.5 Å². The number of aliphatic imine (C=N–C) groups is 1. The molecule has 0 spiro atoms. The highest BCUT2D eigenvalue weighted by atomic mass is 16.3. The summed E-state index contributed by atoms with van der Waals surface area (Å²) in [6.45, 7) is 4.86. The fourth-order valence-corrected chi connectivity index (χ4v) is 4.09. The van der Waals surface area contributed by atoms with Gasteiger partial charge < -0.3 is 20.0 Å². The second-order valence-electron chi connectivity index (χ2n) is 7.94. The van der Waals surface area contributed by atoms with Crippen LogP contribution in [0.1, 0.15) is 35.3 Å².